The molecule has 0 unspecified atom stereocenters. The van der Waals surface area contributed by atoms with Crippen molar-refractivity contribution in [2.45, 2.75) is 25.8 Å². The molecule has 2 N–H and O–H groups in total. The van der Waals surface area contributed by atoms with Gasteiger partial charge in [0.15, 0.2) is 11.3 Å². The van der Waals surface area contributed by atoms with Gasteiger partial charge < -0.3 is 15.1 Å². The van der Waals surface area contributed by atoms with E-state index in [-0.39, 0.29) is 17.2 Å². The first kappa shape index (κ1) is 20.0. The fraction of sp³-hybridized carbons (Fsp3) is 0.167. The Balaban J connectivity index is 1.46. The zero-order valence-corrected chi connectivity index (χ0v) is 17.6. The number of thioether (sulfide) groups is 1. The molecule has 5 nitrogen and oxygen atoms in total. The summed E-state index contributed by atoms with van der Waals surface area (Å²) in [6, 6.07) is 19.1. The van der Waals surface area contributed by atoms with Gasteiger partial charge in [0, 0.05) is 22.9 Å². The lowest BCUT2D eigenvalue weighted by Gasteiger charge is -2.12. The molecule has 1 saturated heterocycles. The molecule has 3 aromatic rings. The Bertz CT molecular complexity index is 1120. The number of rotatable bonds is 6. The minimum atomic E-state index is -0.238. The van der Waals surface area contributed by atoms with Gasteiger partial charge in [-0.25, -0.2) is 0 Å². The average molecular weight is 419 g/mol. The van der Waals surface area contributed by atoms with E-state index < -0.39 is 0 Å². The molecule has 4 rings (SSSR count). The quantitative estimate of drug-likeness (QED) is 0.419. The molecule has 1 atom stereocenters. The Kier molecular flexibility index (Phi) is 5.77. The van der Waals surface area contributed by atoms with Gasteiger partial charge >= 0.3 is 0 Å². The number of furan rings is 1. The van der Waals surface area contributed by atoms with Crippen molar-refractivity contribution in [2.75, 3.05) is 5.32 Å². The largest absolute Gasteiger partial charge is 0.457 e. The second-order valence-electron chi connectivity index (χ2n) is 7.01. The fourth-order valence-electron chi connectivity index (χ4n) is 3.16. The van der Waals surface area contributed by atoms with E-state index in [1.54, 1.807) is 18.2 Å². The van der Waals surface area contributed by atoms with Crippen LogP contribution in [-0.2, 0) is 11.2 Å². The predicted molar refractivity (Wildman–Crippen MR) is 121 cm³/mol. The molecule has 1 amide bonds. The molecule has 0 bridgehead atoms. The van der Waals surface area contributed by atoms with Gasteiger partial charge in [-0.3, -0.25) is 9.59 Å². The number of carbonyl (C=O) groups excluding carboxylic acids is 2. The molecule has 1 fully saturated rings. The number of benzene rings is 2. The van der Waals surface area contributed by atoms with E-state index in [4.69, 9.17) is 4.42 Å². The van der Waals surface area contributed by atoms with Gasteiger partial charge in [0.25, 0.3) is 5.91 Å². The molecule has 0 saturated carbocycles. The first-order valence-electron chi connectivity index (χ1n) is 9.78. The Morgan fingerprint density at radius 3 is 2.70 bits per heavy atom. The summed E-state index contributed by atoms with van der Waals surface area (Å²) in [7, 11) is 0. The summed E-state index contributed by atoms with van der Waals surface area (Å²) in [5.41, 5.74) is 3.45. The van der Waals surface area contributed by atoms with E-state index in [0.29, 0.717) is 22.0 Å². The number of hydrogen-bond donors (Lipinski definition) is 2. The van der Waals surface area contributed by atoms with Crippen molar-refractivity contribution in [3.8, 4) is 11.3 Å². The van der Waals surface area contributed by atoms with E-state index >= 15 is 0 Å². The molecule has 1 aliphatic rings. The molecule has 0 aliphatic carbocycles. The van der Waals surface area contributed by atoms with Crippen LogP contribution in [0.1, 0.15) is 35.5 Å². The van der Waals surface area contributed by atoms with E-state index in [1.165, 1.54) is 24.2 Å². The number of ketones is 1. The number of carbonyl (C=O) groups is 2. The van der Waals surface area contributed by atoms with Gasteiger partial charge in [0.05, 0.1) is 4.91 Å². The number of hydrogen-bond acceptors (Lipinski definition) is 5. The lowest BCUT2D eigenvalue weighted by Crippen LogP contribution is -2.30. The third-order valence-corrected chi connectivity index (χ3v) is 5.87. The zero-order valence-electron chi connectivity index (χ0n) is 16.8. The van der Waals surface area contributed by atoms with E-state index in [2.05, 4.69) is 29.7 Å². The minimum absolute atomic E-state index is 0.00708. The van der Waals surface area contributed by atoms with Gasteiger partial charge in [0.1, 0.15) is 11.5 Å². The number of Topliss-reactive ketones (excluding diaryl/α,β-unsaturated/α-hetero) is 1. The van der Waals surface area contributed by atoms with E-state index in [1.807, 2.05) is 36.4 Å². The summed E-state index contributed by atoms with van der Waals surface area (Å²) in [6.45, 7) is 3.66. The molecule has 1 aromatic heterocycles. The van der Waals surface area contributed by atoms with Crippen molar-refractivity contribution in [1.29, 1.82) is 0 Å². The highest BCUT2D eigenvalue weighted by molar-refractivity contribution is 8.05. The Labute approximate surface area is 179 Å². The average Bonchev–Trinajstić information content (AvgIpc) is 3.35. The molecular weight excluding hydrogens is 396 g/mol. The van der Waals surface area contributed by atoms with Gasteiger partial charge in [-0.1, -0.05) is 49.0 Å². The fourth-order valence-corrected chi connectivity index (χ4v) is 4.12. The number of amides is 1. The van der Waals surface area contributed by atoms with Gasteiger partial charge in [-0.05, 0) is 49.2 Å². The van der Waals surface area contributed by atoms with Crippen LogP contribution in [0.15, 0.2) is 70.0 Å². The highest BCUT2D eigenvalue weighted by Gasteiger charge is 2.27. The molecule has 30 heavy (non-hydrogen) atoms. The van der Waals surface area contributed by atoms with Crippen LogP contribution in [0.2, 0.25) is 0 Å². The molecule has 1 aliphatic heterocycles. The first-order chi connectivity index (χ1) is 14.5. The standard InChI is InChI=1S/C24H22N2O3S/c1-3-16-7-9-19(10-8-16)25-24-26-23(28)22(30-24)14-20-11-12-21(29-20)18-6-4-5-17(13-18)15(2)27/h4-14,24-25H,3H2,1-2H3,(H,26,28)/b22-14-/t24-/m1/s1. The summed E-state index contributed by atoms with van der Waals surface area (Å²) in [5.74, 6) is 1.11. The van der Waals surface area contributed by atoms with Crippen molar-refractivity contribution >= 4 is 35.2 Å². The molecule has 2 heterocycles. The molecular formula is C24H22N2O3S. The van der Waals surface area contributed by atoms with E-state index in [0.717, 1.165) is 17.7 Å². The van der Waals surface area contributed by atoms with Crippen molar-refractivity contribution in [3.63, 3.8) is 0 Å². The first-order valence-corrected chi connectivity index (χ1v) is 10.7. The lowest BCUT2D eigenvalue weighted by atomic mass is 10.1. The van der Waals surface area contributed by atoms with E-state index in [9.17, 15) is 9.59 Å². The lowest BCUT2D eigenvalue weighted by molar-refractivity contribution is -0.116. The highest BCUT2D eigenvalue weighted by Crippen LogP contribution is 2.32. The van der Waals surface area contributed by atoms with Gasteiger partial charge in [-0.15, -0.1) is 0 Å². The third kappa shape index (κ3) is 4.49. The summed E-state index contributed by atoms with van der Waals surface area (Å²) < 4.78 is 5.89. The number of anilines is 1. The second-order valence-corrected chi connectivity index (χ2v) is 8.16. The summed E-state index contributed by atoms with van der Waals surface area (Å²) in [4.78, 5) is 24.5. The highest BCUT2D eigenvalue weighted by atomic mass is 32.2. The maximum atomic E-state index is 12.4. The SMILES string of the molecule is CCc1ccc(N[C@@H]2NC(=O)/C(=C/c3ccc(-c4cccc(C(C)=O)c4)o3)S2)cc1. The predicted octanol–water partition coefficient (Wildman–Crippen LogP) is 5.31. The Morgan fingerprint density at radius 2 is 1.97 bits per heavy atom. The van der Waals surface area contributed by atoms with Gasteiger partial charge in [-0.2, -0.15) is 0 Å². The monoisotopic (exact) mass is 418 g/mol. The van der Waals surface area contributed by atoms with Crippen molar-refractivity contribution < 1.29 is 14.0 Å². The molecule has 2 aromatic carbocycles. The summed E-state index contributed by atoms with van der Waals surface area (Å²) in [6.07, 6.45) is 2.73. The van der Waals surface area contributed by atoms with Crippen LogP contribution in [0.5, 0.6) is 0 Å². The van der Waals surface area contributed by atoms with Crippen LogP contribution < -0.4 is 10.6 Å². The van der Waals surface area contributed by atoms with Crippen molar-refractivity contribution in [3.05, 3.63) is 82.5 Å². The van der Waals surface area contributed by atoms with Gasteiger partial charge in [0.2, 0.25) is 0 Å². The zero-order chi connectivity index (χ0) is 21.1. The molecule has 0 spiro atoms. The maximum Gasteiger partial charge on any atom is 0.260 e. The van der Waals surface area contributed by atoms with Crippen LogP contribution in [0.3, 0.4) is 0 Å². The van der Waals surface area contributed by atoms with Crippen LogP contribution >= 0.6 is 11.8 Å². The Morgan fingerprint density at radius 1 is 1.17 bits per heavy atom. The second kappa shape index (κ2) is 8.63. The topological polar surface area (TPSA) is 71.3 Å². The Hall–Kier alpha value is -3.25. The molecule has 152 valence electrons. The van der Waals surface area contributed by atoms with Crippen molar-refractivity contribution in [2.24, 2.45) is 0 Å². The van der Waals surface area contributed by atoms with Crippen LogP contribution in [-0.4, -0.2) is 17.2 Å². The smallest absolute Gasteiger partial charge is 0.260 e. The van der Waals surface area contributed by atoms with Crippen LogP contribution in [0.4, 0.5) is 5.69 Å². The summed E-state index contributed by atoms with van der Waals surface area (Å²) >= 11 is 1.41. The third-order valence-electron chi connectivity index (χ3n) is 4.84. The number of aryl methyl sites for hydroxylation is 1. The van der Waals surface area contributed by atoms with Crippen LogP contribution in [0.25, 0.3) is 17.4 Å². The minimum Gasteiger partial charge on any atom is -0.457 e. The van der Waals surface area contributed by atoms with Crippen molar-refractivity contribution in [1.82, 2.24) is 5.32 Å². The normalized spacial score (nSPS) is 17.2. The molecule has 6 heteroatoms. The summed E-state index contributed by atoms with van der Waals surface area (Å²) in [5, 5.41) is 6.24. The molecule has 0 radical (unpaired) electrons. The maximum absolute atomic E-state index is 12.4. The van der Waals surface area contributed by atoms with Crippen LogP contribution in [0, 0.1) is 0 Å². The number of nitrogens with one attached hydrogen (secondary N) is 2.